The summed E-state index contributed by atoms with van der Waals surface area (Å²) in [6, 6.07) is 43.1. The van der Waals surface area contributed by atoms with Gasteiger partial charge in [-0.2, -0.15) is 38.8 Å². The summed E-state index contributed by atoms with van der Waals surface area (Å²) in [6.45, 7) is 37.5. The van der Waals surface area contributed by atoms with Crippen molar-refractivity contribution in [3.63, 3.8) is 0 Å². The molecule has 23 heteroatoms. The van der Waals surface area contributed by atoms with Crippen LogP contribution in [0.2, 0.25) is 0 Å². The number of hydrogen-bond acceptors (Lipinski definition) is 13. The van der Waals surface area contributed by atoms with E-state index in [2.05, 4.69) is 227 Å². The summed E-state index contributed by atoms with van der Waals surface area (Å²) >= 11 is 0. The maximum Gasteiger partial charge on any atom is 0.401 e. The van der Waals surface area contributed by atoms with Crippen LogP contribution in [-0.4, -0.2) is 229 Å². The first kappa shape index (κ1) is 79.5. The zero-order chi connectivity index (χ0) is 70.7. The Morgan fingerprint density at radius 1 is 0.365 bits per heavy atom. The molecule has 17 nitrogen and oxygen atoms in total. The molecule has 536 valence electrons. The van der Waals surface area contributed by atoms with Crippen molar-refractivity contribution in [3.8, 4) is 0 Å². The monoisotopic (exact) mass is 1390 g/mol. The van der Waals surface area contributed by atoms with E-state index in [-0.39, 0.29) is 5.75 Å². The van der Waals surface area contributed by atoms with Crippen LogP contribution in [0.3, 0.4) is 0 Å². The van der Waals surface area contributed by atoms with Gasteiger partial charge in [-0.25, -0.2) is 16.8 Å². The first-order chi connectivity index (χ1) is 45.1. The van der Waals surface area contributed by atoms with Gasteiger partial charge in [0.25, 0.3) is 10.2 Å². The molecular formula is C73H114F3N11O6S3. The second-order valence-corrected chi connectivity index (χ2v) is 33.9. The summed E-state index contributed by atoms with van der Waals surface area (Å²) in [5.74, 6) is 2.91. The summed E-state index contributed by atoms with van der Waals surface area (Å²) < 4.78 is 114. The Morgan fingerprint density at radius 2 is 0.594 bits per heavy atom. The zero-order valence-electron chi connectivity index (χ0n) is 60.2. The molecule has 5 saturated heterocycles. The molecule has 5 aliphatic heterocycles. The van der Waals surface area contributed by atoms with Gasteiger partial charge < -0.3 is 29.4 Å². The highest BCUT2D eigenvalue weighted by atomic mass is 32.2. The molecule has 0 saturated carbocycles. The van der Waals surface area contributed by atoms with Crippen molar-refractivity contribution in [1.29, 1.82) is 0 Å². The fourth-order valence-corrected chi connectivity index (χ4v) is 14.9. The third-order valence-corrected chi connectivity index (χ3v) is 23.8. The molecule has 0 amide bonds. The van der Waals surface area contributed by atoms with Crippen LogP contribution < -0.4 is 24.5 Å². The minimum absolute atomic E-state index is 0.191. The van der Waals surface area contributed by atoms with Crippen molar-refractivity contribution in [2.45, 2.75) is 112 Å². The lowest BCUT2D eigenvalue weighted by molar-refractivity contribution is -0.146. The zero-order valence-corrected chi connectivity index (χ0v) is 62.7. The highest BCUT2D eigenvalue weighted by molar-refractivity contribution is 7.89. The lowest BCUT2D eigenvalue weighted by atomic mass is 10.0. The van der Waals surface area contributed by atoms with Crippen molar-refractivity contribution in [1.82, 2.24) is 27.0 Å². The van der Waals surface area contributed by atoms with Gasteiger partial charge >= 0.3 is 6.18 Å². The minimum Gasteiger partial charge on any atom is -0.369 e. The van der Waals surface area contributed by atoms with Crippen LogP contribution in [0.15, 0.2) is 121 Å². The van der Waals surface area contributed by atoms with Gasteiger partial charge in [0.15, 0.2) is 0 Å². The number of alkyl halides is 3. The Kier molecular flexibility index (Phi) is 30.3. The molecule has 5 aromatic carbocycles. The lowest BCUT2D eigenvalue weighted by Crippen LogP contribution is -2.51. The Balaban J connectivity index is 0.000000190. The van der Waals surface area contributed by atoms with Gasteiger partial charge in [0, 0.05) is 173 Å². The largest absolute Gasteiger partial charge is 0.401 e. The van der Waals surface area contributed by atoms with Crippen LogP contribution >= 0.6 is 0 Å². The number of likely N-dealkylation sites (N-methyl/N-ethyl adjacent to an activating group) is 1. The number of nitrogens with zero attached hydrogens (tertiary/aromatic N) is 11. The Bertz CT molecular complexity index is 3420. The normalized spacial score (nSPS) is 17.9. The first-order valence-corrected chi connectivity index (χ1v) is 39.3. The van der Waals surface area contributed by atoms with Gasteiger partial charge in [0.2, 0.25) is 20.0 Å². The van der Waals surface area contributed by atoms with Crippen LogP contribution in [-0.2, 0) is 30.3 Å². The lowest BCUT2D eigenvalue weighted by Gasteiger charge is -2.36. The van der Waals surface area contributed by atoms with E-state index in [1.807, 2.05) is 0 Å². The van der Waals surface area contributed by atoms with Gasteiger partial charge in [-0.15, -0.1) is 0 Å². The SMILES string of the molecule is CC(C)c1ccc(N2CCN(C)CC2)cc1.CC(C)c1ccc(N2CCN(CC(F)(F)F)CC2)cc1.CC(C)c1ccc(N2CCN(S(=O)(=O)N(C)C)CC2)cc1.CC(C)c1ccc(N2CCN(S(C)(=O)=O)CC2)cc1.CCS(=O)(=O)N1CCN(c2ccc(C(C)C)cc2)CC1. The van der Waals surface area contributed by atoms with Crippen molar-refractivity contribution in [2.75, 3.05) is 195 Å². The average molecular weight is 1390 g/mol. The summed E-state index contributed by atoms with van der Waals surface area (Å²) in [5, 5.41) is 0. The number of piperazine rings is 5. The summed E-state index contributed by atoms with van der Waals surface area (Å²) in [5.41, 5.74) is 12.7. The highest BCUT2D eigenvalue weighted by Crippen LogP contribution is 2.28. The number of benzene rings is 5. The van der Waals surface area contributed by atoms with Crippen LogP contribution in [0, 0.1) is 0 Å². The highest BCUT2D eigenvalue weighted by Gasteiger charge is 2.33. The van der Waals surface area contributed by atoms with Gasteiger partial charge in [0.05, 0.1) is 18.6 Å². The molecule has 96 heavy (non-hydrogen) atoms. The van der Waals surface area contributed by atoms with Crippen molar-refractivity contribution in [3.05, 3.63) is 149 Å². The molecule has 5 aromatic rings. The van der Waals surface area contributed by atoms with E-state index in [4.69, 9.17) is 0 Å². The molecule has 0 unspecified atom stereocenters. The fraction of sp³-hybridized carbons (Fsp3) is 0.589. The molecule has 10 rings (SSSR count). The van der Waals surface area contributed by atoms with Gasteiger partial charge in [-0.1, -0.05) is 130 Å². The number of anilines is 5. The van der Waals surface area contributed by atoms with E-state index in [9.17, 15) is 38.4 Å². The molecule has 0 radical (unpaired) electrons. The molecular weight excluding hydrogens is 1280 g/mol. The van der Waals surface area contributed by atoms with Gasteiger partial charge in [0.1, 0.15) is 0 Å². The molecule has 0 spiro atoms. The molecule has 5 aliphatic rings. The molecule has 0 N–H and O–H groups in total. The van der Waals surface area contributed by atoms with Gasteiger partial charge in [-0.3, -0.25) is 4.90 Å². The molecule has 5 heterocycles. The maximum atomic E-state index is 12.3. The predicted molar refractivity (Wildman–Crippen MR) is 395 cm³/mol. The smallest absolute Gasteiger partial charge is 0.369 e. The molecule has 0 aromatic heterocycles. The topological polar surface area (TPSA) is 138 Å². The Hall–Kier alpha value is -5.50. The molecule has 0 atom stereocenters. The third kappa shape index (κ3) is 24.4. The Morgan fingerprint density at radius 3 is 0.812 bits per heavy atom. The molecule has 0 aliphatic carbocycles. The van der Waals surface area contributed by atoms with E-state index >= 15 is 0 Å². The predicted octanol–water partition coefficient (Wildman–Crippen LogP) is 12.0. The van der Waals surface area contributed by atoms with Crippen molar-refractivity contribution < 1.29 is 38.4 Å². The second kappa shape index (κ2) is 36.5. The summed E-state index contributed by atoms with van der Waals surface area (Å²) in [7, 11) is -4.02. The maximum absolute atomic E-state index is 12.3. The number of hydrogen-bond donors (Lipinski definition) is 0. The summed E-state index contributed by atoms with van der Waals surface area (Å²) in [6.07, 6.45) is -2.82. The quantitative estimate of drug-likeness (QED) is 0.0927. The van der Waals surface area contributed by atoms with Crippen LogP contribution in [0.25, 0.3) is 0 Å². The van der Waals surface area contributed by atoms with E-state index in [0.717, 1.165) is 58.0 Å². The summed E-state index contributed by atoms with van der Waals surface area (Å²) in [4.78, 5) is 15.2. The van der Waals surface area contributed by atoms with Crippen LogP contribution in [0.1, 0.15) is 134 Å². The fourth-order valence-electron chi connectivity index (χ4n) is 11.9. The van der Waals surface area contributed by atoms with Crippen LogP contribution in [0.5, 0.6) is 0 Å². The number of halogens is 3. The van der Waals surface area contributed by atoms with Crippen LogP contribution in [0.4, 0.5) is 41.6 Å². The van der Waals surface area contributed by atoms with E-state index in [0.29, 0.717) is 95.0 Å². The van der Waals surface area contributed by atoms with E-state index in [1.54, 1.807) is 33.9 Å². The number of sulfonamides is 2. The minimum atomic E-state index is -4.10. The van der Waals surface area contributed by atoms with Crippen molar-refractivity contribution >= 4 is 58.7 Å². The number of rotatable bonds is 16. The van der Waals surface area contributed by atoms with Gasteiger partial charge in [-0.05, 0) is 132 Å². The average Bonchev–Trinajstić information content (AvgIpc) is 0.863. The molecule has 0 bridgehead atoms. The Labute approximate surface area is 577 Å². The molecule has 5 fully saturated rings. The van der Waals surface area contributed by atoms with E-state index < -0.39 is 43.0 Å². The van der Waals surface area contributed by atoms with E-state index in [1.165, 1.54) is 79.1 Å². The standard InChI is InChI=1S/C15H21F3N2.C15H25N3O2S.C15H24N2O2S.C14H22N2O2S.C14H22N2/c1-12(2)13-3-5-14(6-4-13)20-9-7-19(8-10-20)11-15(16,17)18;1-13(2)14-5-7-15(8-6-14)17-9-11-18(12-10-17)21(19,20)16(3)4;1-4-20(18,19)17-11-9-16(10-12-17)15-7-5-14(6-8-15)13(2)3;1-12(2)13-4-6-14(7-5-13)15-8-10-16(11-9-15)19(3,17)18;1-12(2)13-4-6-14(7-5-13)16-10-8-15(3)9-11-16/h3-6,12H,7-11H2,1-2H3;5-8,13H,9-12H2,1-4H3;5-8,13H,4,9-12H2,1-3H3;4-7,12H,8-11H2,1-3H3;4-7,12H,8-11H2,1-3H3. The third-order valence-electron chi connectivity index (χ3n) is 18.6. The second-order valence-electron chi connectivity index (χ2n) is 27.5. The first-order valence-electron chi connectivity index (χ1n) is 34.5. The van der Waals surface area contributed by atoms with Crippen molar-refractivity contribution in [2.24, 2.45) is 0 Å².